The van der Waals surface area contributed by atoms with Crippen molar-refractivity contribution in [3.05, 3.63) is 11.6 Å². The van der Waals surface area contributed by atoms with Crippen molar-refractivity contribution in [2.24, 2.45) is 5.73 Å². The summed E-state index contributed by atoms with van der Waals surface area (Å²) in [6.07, 6.45) is 0.790. The maximum atomic E-state index is 11.3. The second kappa shape index (κ2) is 5.08. The number of primary amides is 1. The number of nitrogens with zero attached hydrogens (tertiary/aromatic N) is 2. The third-order valence-electron chi connectivity index (χ3n) is 1.73. The molecule has 15 heavy (non-hydrogen) atoms. The molecule has 7 heteroatoms. The van der Waals surface area contributed by atoms with Gasteiger partial charge in [0, 0.05) is 19.4 Å². The van der Waals surface area contributed by atoms with Crippen LogP contribution in [0.3, 0.4) is 0 Å². The fraction of sp³-hybridized carbons (Fsp3) is 0.500. The molecule has 0 fully saturated rings. The number of aryl methyl sites for hydroxylation is 1. The van der Waals surface area contributed by atoms with E-state index in [1.165, 1.54) is 0 Å². The minimum absolute atomic E-state index is 0.0799. The largest absolute Gasteiger partial charge is 0.370 e. The van der Waals surface area contributed by atoms with Crippen LogP contribution in [0.15, 0.2) is 0 Å². The lowest BCUT2D eigenvalue weighted by molar-refractivity contribution is -0.117. The van der Waals surface area contributed by atoms with Gasteiger partial charge >= 0.3 is 0 Å². The van der Waals surface area contributed by atoms with Crippen LogP contribution in [-0.4, -0.2) is 33.5 Å². The highest BCUT2D eigenvalue weighted by atomic mass is 16.2. The van der Waals surface area contributed by atoms with Gasteiger partial charge < -0.3 is 11.1 Å². The van der Waals surface area contributed by atoms with E-state index >= 15 is 0 Å². The number of aromatic nitrogens is 3. The minimum Gasteiger partial charge on any atom is -0.370 e. The Kier molecular flexibility index (Phi) is 3.78. The van der Waals surface area contributed by atoms with Gasteiger partial charge in [0.15, 0.2) is 0 Å². The highest BCUT2D eigenvalue weighted by Crippen LogP contribution is 1.93. The van der Waals surface area contributed by atoms with E-state index in [-0.39, 0.29) is 18.8 Å². The van der Waals surface area contributed by atoms with Crippen LogP contribution in [0.25, 0.3) is 0 Å². The lowest BCUT2D eigenvalue weighted by Gasteiger charge is -1.98. The maximum absolute atomic E-state index is 11.3. The predicted octanol–water partition coefficient (Wildman–Crippen LogP) is -1.03. The summed E-state index contributed by atoms with van der Waals surface area (Å²) in [6, 6.07) is 0. The Morgan fingerprint density at radius 1 is 1.53 bits per heavy atom. The average molecular weight is 211 g/mol. The van der Waals surface area contributed by atoms with Gasteiger partial charge in [-0.3, -0.25) is 14.7 Å². The first-order chi connectivity index (χ1) is 7.13. The Hall–Kier alpha value is -1.92. The van der Waals surface area contributed by atoms with Gasteiger partial charge in [0.25, 0.3) is 5.91 Å². The number of H-pyrrole nitrogens is 1. The molecule has 0 aromatic carbocycles. The van der Waals surface area contributed by atoms with E-state index in [2.05, 4.69) is 20.5 Å². The van der Waals surface area contributed by atoms with Crippen molar-refractivity contribution in [3.63, 3.8) is 0 Å². The molecular weight excluding hydrogens is 198 g/mol. The van der Waals surface area contributed by atoms with E-state index in [0.717, 1.165) is 0 Å². The Bertz CT molecular complexity index is 360. The van der Waals surface area contributed by atoms with E-state index in [0.29, 0.717) is 12.2 Å². The first-order valence-electron chi connectivity index (χ1n) is 4.61. The van der Waals surface area contributed by atoms with E-state index < -0.39 is 11.8 Å². The van der Waals surface area contributed by atoms with E-state index in [1.54, 1.807) is 0 Å². The quantitative estimate of drug-likeness (QED) is 0.577. The van der Waals surface area contributed by atoms with Crippen LogP contribution in [0, 0.1) is 0 Å². The molecule has 0 atom stereocenters. The second-order valence-electron chi connectivity index (χ2n) is 2.93. The summed E-state index contributed by atoms with van der Waals surface area (Å²) in [4.78, 5) is 25.7. The number of hydrogen-bond acceptors (Lipinski definition) is 4. The molecule has 0 aliphatic heterocycles. The van der Waals surface area contributed by atoms with E-state index in [1.807, 2.05) is 6.92 Å². The summed E-state index contributed by atoms with van der Waals surface area (Å²) < 4.78 is 0. The lowest BCUT2D eigenvalue weighted by Crippen LogP contribution is -2.28. The number of carbonyl (C=O) groups is 2. The topological polar surface area (TPSA) is 114 Å². The van der Waals surface area contributed by atoms with Crippen LogP contribution in [0.2, 0.25) is 0 Å². The Morgan fingerprint density at radius 3 is 2.80 bits per heavy atom. The van der Waals surface area contributed by atoms with Crippen molar-refractivity contribution >= 4 is 11.8 Å². The van der Waals surface area contributed by atoms with Gasteiger partial charge in [-0.2, -0.15) is 0 Å². The van der Waals surface area contributed by atoms with Crippen molar-refractivity contribution in [3.8, 4) is 0 Å². The molecule has 0 aliphatic rings. The molecule has 1 aromatic rings. The van der Waals surface area contributed by atoms with Crippen molar-refractivity contribution in [1.82, 2.24) is 20.5 Å². The monoisotopic (exact) mass is 211 g/mol. The number of nitrogens with two attached hydrogens (primary N) is 1. The molecule has 7 nitrogen and oxygen atoms in total. The van der Waals surface area contributed by atoms with Crippen molar-refractivity contribution in [2.75, 3.05) is 6.54 Å². The Balaban J connectivity index is 2.43. The average Bonchev–Trinajstić information content (AvgIpc) is 2.65. The number of nitrogens with one attached hydrogen (secondary N) is 2. The SMILES string of the molecule is CCc1nc(C(=O)NCCC(N)=O)n[nH]1. The van der Waals surface area contributed by atoms with Crippen LogP contribution in [0.5, 0.6) is 0 Å². The van der Waals surface area contributed by atoms with Crippen LogP contribution in [0.4, 0.5) is 0 Å². The van der Waals surface area contributed by atoms with Gasteiger partial charge in [-0.1, -0.05) is 6.92 Å². The van der Waals surface area contributed by atoms with Crippen LogP contribution < -0.4 is 11.1 Å². The minimum atomic E-state index is -0.459. The van der Waals surface area contributed by atoms with Crippen molar-refractivity contribution < 1.29 is 9.59 Å². The van der Waals surface area contributed by atoms with Crippen LogP contribution in [-0.2, 0) is 11.2 Å². The molecule has 0 unspecified atom stereocenters. The second-order valence-corrected chi connectivity index (χ2v) is 2.93. The highest BCUT2D eigenvalue weighted by Gasteiger charge is 2.10. The van der Waals surface area contributed by atoms with E-state index in [9.17, 15) is 9.59 Å². The summed E-state index contributed by atoms with van der Waals surface area (Å²) in [7, 11) is 0. The first kappa shape index (κ1) is 11.2. The third kappa shape index (κ3) is 3.37. The van der Waals surface area contributed by atoms with Gasteiger partial charge in [0.2, 0.25) is 11.7 Å². The van der Waals surface area contributed by atoms with Crippen LogP contribution >= 0.6 is 0 Å². The molecule has 1 heterocycles. The zero-order chi connectivity index (χ0) is 11.3. The zero-order valence-electron chi connectivity index (χ0n) is 8.41. The van der Waals surface area contributed by atoms with E-state index in [4.69, 9.17) is 5.73 Å². The molecular formula is C8H13N5O2. The summed E-state index contributed by atoms with van der Waals surface area (Å²) in [5, 5.41) is 8.83. The highest BCUT2D eigenvalue weighted by molar-refractivity contribution is 5.90. The standard InChI is InChI=1S/C8H13N5O2/c1-2-6-11-7(13-12-6)8(15)10-4-3-5(9)14/h2-4H2,1H3,(H2,9,14)(H,10,15)(H,11,12,13). The number of aromatic amines is 1. The Labute approximate surface area is 86.5 Å². The summed E-state index contributed by atoms with van der Waals surface area (Å²) >= 11 is 0. The van der Waals surface area contributed by atoms with Gasteiger partial charge in [0.05, 0.1) is 0 Å². The summed E-state index contributed by atoms with van der Waals surface area (Å²) in [6.45, 7) is 2.10. The smallest absolute Gasteiger partial charge is 0.290 e. The fourth-order valence-electron chi connectivity index (χ4n) is 0.933. The molecule has 0 bridgehead atoms. The third-order valence-corrected chi connectivity index (χ3v) is 1.73. The fourth-order valence-corrected chi connectivity index (χ4v) is 0.933. The number of hydrogen-bond donors (Lipinski definition) is 3. The first-order valence-corrected chi connectivity index (χ1v) is 4.61. The zero-order valence-corrected chi connectivity index (χ0v) is 8.41. The number of amides is 2. The molecule has 0 radical (unpaired) electrons. The molecule has 82 valence electrons. The number of rotatable bonds is 5. The molecule has 4 N–H and O–H groups in total. The van der Waals surface area contributed by atoms with Gasteiger partial charge in [-0.25, -0.2) is 4.98 Å². The predicted molar refractivity (Wildman–Crippen MR) is 51.9 cm³/mol. The maximum Gasteiger partial charge on any atom is 0.290 e. The van der Waals surface area contributed by atoms with Crippen molar-refractivity contribution in [1.29, 1.82) is 0 Å². The van der Waals surface area contributed by atoms with Crippen LogP contribution in [0.1, 0.15) is 29.8 Å². The molecule has 0 saturated carbocycles. The lowest BCUT2D eigenvalue weighted by atomic mass is 10.4. The van der Waals surface area contributed by atoms with Gasteiger partial charge in [-0.05, 0) is 0 Å². The molecule has 1 aromatic heterocycles. The number of carbonyl (C=O) groups excluding carboxylic acids is 2. The molecule has 0 aliphatic carbocycles. The molecule has 0 saturated heterocycles. The van der Waals surface area contributed by atoms with Crippen molar-refractivity contribution in [2.45, 2.75) is 19.8 Å². The summed E-state index contributed by atoms with van der Waals surface area (Å²) in [5.74, 6) is -0.141. The Morgan fingerprint density at radius 2 is 2.27 bits per heavy atom. The van der Waals surface area contributed by atoms with Gasteiger partial charge in [0.1, 0.15) is 5.82 Å². The molecule has 2 amide bonds. The van der Waals surface area contributed by atoms with Gasteiger partial charge in [-0.15, -0.1) is 5.10 Å². The molecule has 1 rings (SSSR count). The molecule has 0 spiro atoms. The normalized spacial score (nSPS) is 9.93. The summed E-state index contributed by atoms with van der Waals surface area (Å²) in [5.41, 5.74) is 4.92.